The van der Waals surface area contributed by atoms with Crippen LogP contribution in [0.25, 0.3) is 0 Å². The Morgan fingerprint density at radius 3 is 2.74 bits per heavy atom. The maximum atomic E-state index is 11.8. The van der Waals surface area contributed by atoms with E-state index in [2.05, 4.69) is 5.32 Å². The molecular formula is C14H16N2O2S. The maximum absolute atomic E-state index is 11.8. The fourth-order valence-electron chi connectivity index (χ4n) is 1.55. The molecule has 0 aliphatic heterocycles. The van der Waals surface area contributed by atoms with Crippen LogP contribution in [-0.4, -0.2) is 19.1 Å². The molecule has 1 aromatic heterocycles. The van der Waals surface area contributed by atoms with E-state index < -0.39 is 0 Å². The van der Waals surface area contributed by atoms with E-state index in [0.717, 1.165) is 10.6 Å². The van der Waals surface area contributed by atoms with Crippen LogP contribution in [-0.2, 0) is 0 Å². The lowest BCUT2D eigenvalue weighted by molar-refractivity contribution is 0.0951. The quantitative estimate of drug-likeness (QED) is 0.824. The van der Waals surface area contributed by atoms with Crippen LogP contribution < -0.4 is 15.8 Å². The van der Waals surface area contributed by atoms with Gasteiger partial charge in [-0.25, -0.2) is 0 Å². The Kier molecular flexibility index (Phi) is 4.41. The number of hydrogen-bond donors (Lipinski definition) is 2. The number of carbonyl (C=O) groups excluding carboxylic acids is 1. The summed E-state index contributed by atoms with van der Waals surface area (Å²) in [4.78, 5) is 13.4. The molecule has 2 rings (SSSR count). The molecule has 0 bridgehead atoms. The number of anilines is 1. The average molecular weight is 276 g/mol. The van der Waals surface area contributed by atoms with Crippen molar-refractivity contribution in [3.8, 4) is 5.75 Å². The number of amides is 1. The molecule has 19 heavy (non-hydrogen) atoms. The van der Waals surface area contributed by atoms with Gasteiger partial charge in [-0.2, -0.15) is 0 Å². The maximum Gasteiger partial charge on any atom is 0.261 e. The van der Waals surface area contributed by atoms with Crippen LogP contribution in [0.2, 0.25) is 0 Å². The number of thiophene rings is 1. The highest BCUT2D eigenvalue weighted by Gasteiger charge is 2.10. The highest BCUT2D eigenvalue weighted by molar-refractivity contribution is 7.14. The molecule has 0 fully saturated rings. The van der Waals surface area contributed by atoms with Gasteiger partial charge < -0.3 is 15.8 Å². The van der Waals surface area contributed by atoms with Crippen LogP contribution >= 0.6 is 11.3 Å². The molecule has 1 heterocycles. The van der Waals surface area contributed by atoms with Crippen molar-refractivity contribution in [1.29, 1.82) is 0 Å². The first kappa shape index (κ1) is 13.4. The summed E-state index contributed by atoms with van der Waals surface area (Å²) in [5.74, 6) is 0.689. The van der Waals surface area contributed by atoms with E-state index in [1.807, 2.05) is 37.3 Å². The third-order valence-electron chi connectivity index (χ3n) is 2.58. The van der Waals surface area contributed by atoms with Gasteiger partial charge in [0.25, 0.3) is 5.91 Å². The number of nitrogen functional groups attached to an aromatic ring is 1. The largest absolute Gasteiger partial charge is 0.492 e. The van der Waals surface area contributed by atoms with E-state index in [9.17, 15) is 4.79 Å². The van der Waals surface area contributed by atoms with E-state index in [0.29, 0.717) is 23.7 Å². The first-order chi connectivity index (χ1) is 9.16. The lowest BCUT2D eigenvalue weighted by Crippen LogP contribution is -2.27. The Balaban J connectivity index is 1.75. The Bertz CT molecular complexity index is 532. The third-order valence-corrected chi connectivity index (χ3v) is 3.64. The van der Waals surface area contributed by atoms with Gasteiger partial charge in [0.2, 0.25) is 0 Å². The van der Waals surface area contributed by atoms with Crippen LogP contribution in [0.15, 0.2) is 36.4 Å². The summed E-state index contributed by atoms with van der Waals surface area (Å²) in [6, 6.07) is 11.2. The molecule has 0 atom stereocenters. The molecule has 1 aromatic carbocycles. The van der Waals surface area contributed by atoms with Gasteiger partial charge in [-0.3, -0.25) is 4.79 Å². The molecule has 0 radical (unpaired) electrons. The van der Waals surface area contributed by atoms with Crippen LogP contribution in [0.5, 0.6) is 5.75 Å². The number of benzene rings is 1. The molecule has 1 amide bonds. The number of carbonyl (C=O) groups is 1. The minimum atomic E-state index is -0.110. The number of para-hydroxylation sites is 1. The normalized spacial score (nSPS) is 10.2. The number of hydrogen-bond acceptors (Lipinski definition) is 4. The van der Waals surface area contributed by atoms with E-state index in [1.165, 1.54) is 11.3 Å². The standard InChI is InChI=1S/C14H16N2O2S/c1-10-12(15)9-13(19-10)14(17)16-7-8-18-11-5-3-2-4-6-11/h2-6,9H,7-8,15H2,1H3,(H,16,17). The fourth-order valence-corrected chi connectivity index (χ4v) is 2.40. The number of nitrogens with one attached hydrogen (secondary N) is 1. The first-order valence-corrected chi connectivity index (χ1v) is 6.80. The number of rotatable bonds is 5. The Labute approximate surface area is 116 Å². The molecule has 3 N–H and O–H groups in total. The number of aryl methyl sites for hydroxylation is 1. The Morgan fingerprint density at radius 2 is 2.11 bits per heavy atom. The van der Waals surface area contributed by atoms with E-state index in [1.54, 1.807) is 6.07 Å². The van der Waals surface area contributed by atoms with Gasteiger partial charge in [-0.15, -0.1) is 11.3 Å². The predicted octanol–water partition coefficient (Wildman–Crippen LogP) is 2.45. The zero-order valence-corrected chi connectivity index (χ0v) is 11.5. The van der Waals surface area contributed by atoms with Gasteiger partial charge >= 0.3 is 0 Å². The fraction of sp³-hybridized carbons (Fsp3) is 0.214. The number of ether oxygens (including phenoxy) is 1. The second-order valence-electron chi connectivity index (χ2n) is 4.04. The van der Waals surface area contributed by atoms with Gasteiger partial charge in [0, 0.05) is 10.6 Å². The summed E-state index contributed by atoms with van der Waals surface area (Å²) in [5, 5.41) is 2.80. The molecule has 0 spiro atoms. The summed E-state index contributed by atoms with van der Waals surface area (Å²) in [6.07, 6.45) is 0. The van der Waals surface area contributed by atoms with Gasteiger partial charge in [-0.05, 0) is 25.1 Å². The smallest absolute Gasteiger partial charge is 0.261 e. The molecule has 2 aromatic rings. The van der Waals surface area contributed by atoms with Crippen LogP contribution in [0.3, 0.4) is 0 Å². The van der Waals surface area contributed by atoms with Gasteiger partial charge in [0.05, 0.1) is 11.4 Å². The minimum absolute atomic E-state index is 0.110. The average Bonchev–Trinajstić information content (AvgIpc) is 2.76. The zero-order valence-electron chi connectivity index (χ0n) is 10.7. The summed E-state index contributed by atoms with van der Waals surface area (Å²) in [6.45, 7) is 2.80. The Hall–Kier alpha value is -2.01. The predicted molar refractivity (Wildman–Crippen MR) is 77.7 cm³/mol. The summed E-state index contributed by atoms with van der Waals surface area (Å²) in [7, 11) is 0. The highest BCUT2D eigenvalue weighted by atomic mass is 32.1. The lowest BCUT2D eigenvalue weighted by atomic mass is 10.3. The van der Waals surface area contributed by atoms with E-state index >= 15 is 0 Å². The molecule has 5 heteroatoms. The van der Waals surface area contributed by atoms with Crippen molar-refractivity contribution < 1.29 is 9.53 Å². The van der Waals surface area contributed by atoms with Crippen molar-refractivity contribution in [2.75, 3.05) is 18.9 Å². The molecular weight excluding hydrogens is 260 g/mol. The summed E-state index contributed by atoms with van der Waals surface area (Å²) in [5.41, 5.74) is 6.38. The monoisotopic (exact) mass is 276 g/mol. The van der Waals surface area contributed by atoms with Crippen molar-refractivity contribution in [3.05, 3.63) is 46.2 Å². The highest BCUT2D eigenvalue weighted by Crippen LogP contribution is 2.22. The second kappa shape index (κ2) is 6.24. The third kappa shape index (κ3) is 3.72. The molecule has 0 aliphatic rings. The molecule has 0 saturated heterocycles. The molecule has 0 saturated carbocycles. The van der Waals surface area contributed by atoms with E-state index in [-0.39, 0.29) is 5.91 Å². The second-order valence-corrected chi connectivity index (χ2v) is 5.30. The Morgan fingerprint density at radius 1 is 1.37 bits per heavy atom. The summed E-state index contributed by atoms with van der Waals surface area (Å²) >= 11 is 1.40. The van der Waals surface area contributed by atoms with Gasteiger partial charge in [0.15, 0.2) is 0 Å². The minimum Gasteiger partial charge on any atom is -0.492 e. The van der Waals surface area contributed by atoms with Crippen LogP contribution in [0.1, 0.15) is 14.5 Å². The number of nitrogens with two attached hydrogens (primary N) is 1. The molecule has 0 unspecified atom stereocenters. The van der Waals surface area contributed by atoms with Crippen molar-refractivity contribution in [2.24, 2.45) is 0 Å². The molecule has 0 aliphatic carbocycles. The molecule has 100 valence electrons. The van der Waals surface area contributed by atoms with Crippen molar-refractivity contribution >= 4 is 22.9 Å². The van der Waals surface area contributed by atoms with Crippen molar-refractivity contribution in [2.45, 2.75) is 6.92 Å². The van der Waals surface area contributed by atoms with Gasteiger partial charge in [-0.1, -0.05) is 18.2 Å². The zero-order chi connectivity index (χ0) is 13.7. The summed E-state index contributed by atoms with van der Waals surface area (Å²) < 4.78 is 5.49. The first-order valence-electron chi connectivity index (χ1n) is 5.99. The van der Waals surface area contributed by atoms with Crippen molar-refractivity contribution in [1.82, 2.24) is 5.32 Å². The SMILES string of the molecule is Cc1sc(C(=O)NCCOc2ccccc2)cc1N. The topological polar surface area (TPSA) is 64.3 Å². The molecule has 4 nitrogen and oxygen atoms in total. The van der Waals surface area contributed by atoms with Crippen LogP contribution in [0, 0.1) is 6.92 Å². The van der Waals surface area contributed by atoms with Crippen molar-refractivity contribution in [3.63, 3.8) is 0 Å². The van der Waals surface area contributed by atoms with E-state index in [4.69, 9.17) is 10.5 Å². The van der Waals surface area contributed by atoms with Gasteiger partial charge in [0.1, 0.15) is 12.4 Å². The van der Waals surface area contributed by atoms with Crippen LogP contribution in [0.4, 0.5) is 5.69 Å². The lowest BCUT2D eigenvalue weighted by Gasteiger charge is -2.06.